The molecule has 1 aromatic carbocycles. The summed E-state index contributed by atoms with van der Waals surface area (Å²) in [4.78, 5) is 29.5. The maximum absolute atomic E-state index is 14.8. The lowest BCUT2D eigenvalue weighted by atomic mass is 10.1. The molecule has 1 amide bonds. The van der Waals surface area contributed by atoms with Crippen LogP contribution in [0, 0.1) is 5.82 Å². The number of nitrogens with two attached hydrogens (primary N) is 1. The first-order valence-corrected chi connectivity index (χ1v) is 9.66. The van der Waals surface area contributed by atoms with Gasteiger partial charge >= 0.3 is 6.09 Å². The molecule has 3 N–H and O–H groups in total. The van der Waals surface area contributed by atoms with Gasteiger partial charge in [-0.2, -0.15) is 0 Å². The van der Waals surface area contributed by atoms with Gasteiger partial charge in [0, 0.05) is 12.1 Å². The zero-order chi connectivity index (χ0) is 20.7. The van der Waals surface area contributed by atoms with Crippen molar-refractivity contribution in [1.29, 1.82) is 0 Å². The number of carbonyl (C=O) groups is 1. The molecule has 1 saturated heterocycles. The topological polar surface area (TPSA) is 110 Å². The van der Waals surface area contributed by atoms with E-state index in [4.69, 9.17) is 22.1 Å². The summed E-state index contributed by atoms with van der Waals surface area (Å²) in [6.45, 7) is 4.16. The van der Waals surface area contributed by atoms with Gasteiger partial charge in [-0.1, -0.05) is 11.6 Å². The highest BCUT2D eigenvalue weighted by molar-refractivity contribution is 6.33. The Kier molecular flexibility index (Phi) is 4.99. The van der Waals surface area contributed by atoms with Gasteiger partial charge in [0.2, 0.25) is 5.95 Å². The van der Waals surface area contributed by atoms with Crippen LogP contribution in [-0.2, 0) is 4.74 Å². The number of imidazole rings is 1. The predicted molar refractivity (Wildman–Crippen MR) is 107 cm³/mol. The number of aromatic amines is 1. The van der Waals surface area contributed by atoms with E-state index in [1.165, 1.54) is 12.3 Å². The second-order valence-electron chi connectivity index (χ2n) is 7.18. The van der Waals surface area contributed by atoms with Crippen LogP contribution in [0.5, 0.6) is 0 Å². The van der Waals surface area contributed by atoms with Crippen LogP contribution in [0.2, 0.25) is 5.02 Å². The minimum Gasteiger partial charge on any atom is -0.447 e. The smallest absolute Gasteiger partial charge is 0.410 e. The van der Waals surface area contributed by atoms with Crippen molar-refractivity contribution in [2.24, 2.45) is 0 Å². The van der Waals surface area contributed by atoms with E-state index in [1.54, 1.807) is 24.8 Å². The van der Waals surface area contributed by atoms with Crippen LogP contribution in [0.15, 0.2) is 18.3 Å². The molecule has 1 aliphatic rings. The number of likely N-dealkylation sites (tertiary alicyclic amines) is 1. The summed E-state index contributed by atoms with van der Waals surface area (Å²) in [5, 5.41) is 0.260. The molecule has 1 atom stereocenters. The maximum Gasteiger partial charge on any atom is 0.410 e. The average molecular weight is 419 g/mol. The molecule has 1 aliphatic heterocycles. The van der Waals surface area contributed by atoms with E-state index in [2.05, 4.69) is 19.9 Å². The van der Waals surface area contributed by atoms with E-state index in [-0.39, 0.29) is 28.6 Å². The Balaban J connectivity index is 1.72. The molecule has 2 aromatic heterocycles. The van der Waals surface area contributed by atoms with Crippen molar-refractivity contribution in [3.8, 4) is 11.3 Å². The van der Waals surface area contributed by atoms with E-state index < -0.39 is 11.9 Å². The molecule has 0 radical (unpaired) electrons. The fraction of sp³-hybridized carbons (Fsp3) is 0.368. The van der Waals surface area contributed by atoms with Crippen LogP contribution in [0.3, 0.4) is 0 Å². The second-order valence-corrected chi connectivity index (χ2v) is 7.59. The number of benzene rings is 1. The summed E-state index contributed by atoms with van der Waals surface area (Å²) in [5.41, 5.74) is 7.08. The van der Waals surface area contributed by atoms with Crippen molar-refractivity contribution < 1.29 is 13.9 Å². The molecule has 3 aromatic rings. The molecule has 4 rings (SSSR count). The van der Waals surface area contributed by atoms with Crippen molar-refractivity contribution in [2.45, 2.75) is 38.8 Å². The molecule has 0 bridgehead atoms. The van der Waals surface area contributed by atoms with E-state index in [0.717, 1.165) is 12.8 Å². The maximum atomic E-state index is 14.8. The van der Waals surface area contributed by atoms with Crippen LogP contribution in [0.25, 0.3) is 22.3 Å². The van der Waals surface area contributed by atoms with Gasteiger partial charge in [0.1, 0.15) is 11.3 Å². The molecule has 29 heavy (non-hydrogen) atoms. The van der Waals surface area contributed by atoms with Crippen LogP contribution >= 0.6 is 11.6 Å². The fourth-order valence-corrected chi connectivity index (χ4v) is 3.71. The van der Waals surface area contributed by atoms with Crippen LogP contribution in [0.4, 0.5) is 15.1 Å². The van der Waals surface area contributed by atoms with E-state index in [0.29, 0.717) is 29.1 Å². The van der Waals surface area contributed by atoms with Crippen molar-refractivity contribution in [1.82, 2.24) is 24.8 Å². The summed E-state index contributed by atoms with van der Waals surface area (Å²) < 4.78 is 20.1. The fourth-order valence-electron chi connectivity index (χ4n) is 3.51. The van der Waals surface area contributed by atoms with Gasteiger partial charge in [-0.15, -0.1) is 0 Å². The average Bonchev–Trinajstić information content (AvgIpc) is 3.29. The largest absolute Gasteiger partial charge is 0.447 e. The number of nitrogen functional groups attached to an aromatic ring is 1. The number of halogens is 2. The number of fused-ring (bicyclic) bond motifs is 1. The van der Waals surface area contributed by atoms with Crippen LogP contribution < -0.4 is 5.73 Å². The molecular formula is C19H20ClFN6O2. The lowest BCUT2D eigenvalue weighted by Gasteiger charge is -2.23. The third kappa shape index (κ3) is 3.69. The Labute approximate surface area is 171 Å². The highest BCUT2D eigenvalue weighted by Gasteiger charge is 2.34. The minimum absolute atomic E-state index is 0.0421. The normalized spacial score (nSPS) is 16.7. The number of carbonyl (C=O) groups excluding carboxylic acids is 1. The van der Waals surface area contributed by atoms with Crippen molar-refractivity contribution >= 4 is 34.7 Å². The minimum atomic E-state index is -0.525. The summed E-state index contributed by atoms with van der Waals surface area (Å²) in [6.07, 6.45) is 2.29. The lowest BCUT2D eigenvalue weighted by Crippen LogP contribution is -2.33. The number of aromatic nitrogens is 4. The third-order valence-corrected chi connectivity index (χ3v) is 5.01. The summed E-state index contributed by atoms with van der Waals surface area (Å²) in [5.74, 6) is 0.0329. The Bertz CT molecular complexity index is 1090. The molecule has 8 nitrogen and oxygen atoms in total. The number of hydrogen-bond acceptors (Lipinski definition) is 6. The first-order valence-electron chi connectivity index (χ1n) is 9.28. The zero-order valence-corrected chi connectivity index (χ0v) is 16.7. The zero-order valence-electron chi connectivity index (χ0n) is 15.9. The van der Waals surface area contributed by atoms with E-state index in [9.17, 15) is 9.18 Å². The van der Waals surface area contributed by atoms with Crippen molar-refractivity contribution in [3.05, 3.63) is 35.0 Å². The SMILES string of the molecule is CC(C)OC(=O)N1CCCC1c1nc2c(F)cc(-c3nc(N)ncc3Cl)cc2[nH]1. The lowest BCUT2D eigenvalue weighted by molar-refractivity contribution is 0.0722. The molecule has 1 unspecified atom stereocenters. The molecule has 1 fully saturated rings. The molecule has 0 spiro atoms. The molecular weight excluding hydrogens is 399 g/mol. The van der Waals surface area contributed by atoms with Crippen molar-refractivity contribution in [2.75, 3.05) is 12.3 Å². The summed E-state index contributed by atoms with van der Waals surface area (Å²) >= 11 is 6.15. The molecule has 0 aliphatic carbocycles. The van der Waals surface area contributed by atoms with Crippen LogP contribution in [0.1, 0.15) is 38.6 Å². The standard InChI is InChI=1S/C19H20ClFN6O2/c1-9(2)29-19(28)27-5-3-4-14(27)17-24-13-7-10(6-12(21)16(13)25-17)15-11(20)8-23-18(22)26-15/h6-9,14H,3-5H2,1-2H3,(H,24,25)(H2,22,23,26). The highest BCUT2D eigenvalue weighted by Crippen LogP contribution is 2.34. The molecule has 152 valence electrons. The van der Waals surface area contributed by atoms with Crippen LogP contribution in [-0.4, -0.2) is 43.6 Å². The van der Waals surface area contributed by atoms with Gasteiger partial charge in [0.25, 0.3) is 0 Å². The Hall–Kier alpha value is -2.94. The Morgan fingerprint density at radius 1 is 1.41 bits per heavy atom. The number of nitrogens with zero attached hydrogens (tertiary/aromatic N) is 4. The first-order chi connectivity index (χ1) is 13.8. The number of anilines is 1. The predicted octanol–water partition coefficient (Wildman–Crippen LogP) is 4.08. The summed E-state index contributed by atoms with van der Waals surface area (Å²) in [6, 6.07) is 2.71. The molecule has 10 heteroatoms. The Morgan fingerprint density at radius 3 is 2.97 bits per heavy atom. The number of rotatable bonds is 3. The Morgan fingerprint density at radius 2 is 2.21 bits per heavy atom. The van der Waals surface area contributed by atoms with Gasteiger partial charge in [0.15, 0.2) is 5.82 Å². The second kappa shape index (κ2) is 7.47. The van der Waals surface area contributed by atoms with Gasteiger partial charge in [-0.25, -0.2) is 24.1 Å². The quantitative estimate of drug-likeness (QED) is 0.663. The number of hydrogen-bond donors (Lipinski definition) is 2. The van der Waals surface area contributed by atoms with Gasteiger partial charge in [-0.05, 0) is 38.8 Å². The van der Waals surface area contributed by atoms with Gasteiger partial charge in [0.05, 0.1) is 34.6 Å². The number of nitrogens with one attached hydrogen (secondary N) is 1. The monoisotopic (exact) mass is 418 g/mol. The van der Waals surface area contributed by atoms with Gasteiger partial charge < -0.3 is 15.5 Å². The van der Waals surface area contributed by atoms with E-state index >= 15 is 0 Å². The van der Waals surface area contributed by atoms with Crippen molar-refractivity contribution in [3.63, 3.8) is 0 Å². The number of H-pyrrole nitrogens is 1. The van der Waals surface area contributed by atoms with Gasteiger partial charge in [-0.3, -0.25) is 4.90 Å². The summed E-state index contributed by atoms with van der Waals surface area (Å²) in [7, 11) is 0. The molecule has 0 saturated carbocycles. The first kappa shape index (κ1) is 19.4. The molecule has 3 heterocycles. The number of amides is 1. The number of ether oxygens (including phenoxy) is 1. The third-order valence-electron chi connectivity index (χ3n) is 4.73. The van der Waals surface area contributed by atoms with E-state index in [1.807, 2.05) is 0 Å². The highest BCUT2D eigenvalue weighted by atomic mass is 35.5.